The van der Waals surface area contributed by atoms with Crippen LogP contribution < -0.4 is 9.39 Å². The molecule has 6 nitrogen and oxygen atoms in total. The molecule has 1 aromatic heterocycles. The Morgan fingerprint density at radius 3 is 2.33 bits per heavy atom. The van der Waals surface area contributed by atoms with Crippen molar-refractivity contribution in [1.29, 1.82) is 0 Å². The number of ether oxygens (including phenoxy) is 1. The number of nitrogens with zero attached hydrogens (tertiary/aromatic N) is 2. The largest absolute Gasteiger partial charge is 0.707 e. The summed E-state index contributed by atoms with van der Waals surface area (Å²) in [6.07, 6.45) is 2.54. The Hall–Kier alpha value is -1.34. The van der Waals surface area contributed by atoms with E-state index in [0.717, 1.165) is 0 Å². The molecule has 12 heavy (non-hydrogen) atoms. The Kier molecular flexibility index (Phi) is 2.84. The Labute approximate surface area is 69.0 Å². The van der Waals surface area contributed by atoms with Crippen LogP contribution in [0.4, 0.5) is 0 Å². The van der Waals surface area contributed by atoms with Crippen molar-refractivity contribution in [3.8, 4) is 11.8 Å². The molecule has 1 heterocycles. The first-order valence-electron chi connectivity index (χ1n) is 3.11. The van der Waals surface area contributed by atoms with Gasteiger partial charge in [-0.15, -0.1) is 0 Å². The quantitative estimate of drug-likeness (QED) is 0.556. The van der Waals surface area contributed by atoms with Crippen molar-refractivity contribution in [2.45, 2.75) is 0 Å². The molecule has 2 N–H and O–H groups in total. The minimum atomic E-state index is -1.86. The molecule has 64 valence electrons. The van der Waals surface area contributed by atoms with Gasteiger partial charge in [0.05, 0.1) is 19.5 Å². The van der Waals surface area contributed by atoms with Gasteiger partial charge in [-0.2, -0.15) is 9.97 Å². The zero-order valence-corrected chi connectivity index (χ0v) is 6.34. The molecule has 0 aliphatic rings. The molecule has 7 heteroatoms. The molecule has 0 fully saturated rings. The molecule has 1 rings (SSSR count). The van der Waals surface area contributed by atoms with Crippen LogP contribution in [0.1, 0.15) is 0 Å². The lowest BCUT2D eigenvalue weighted by Gasteiger charge is -2.02. The zero-order chi connectivity index (χ0) is 8.97. The van der Waals surface area contributed by atoms with Gasteiger partial charge in [-0.05, 0) is 0 Å². The van der Waals surface area contributed by atoms with Crippen LogP contribution in [-0.2, 0) is 0 Å². The molecule has 0 bridgehead atoms. The van der Waals surface area contributed by atoms with Crippen molar-refractivity contribution < 1.29 is 19.4 Å². The smallest absolute Gasteiger partial charge is 0.509 e. The van der Waals surface area contributed by atoms with Crippen LogP contribution in [0.5, 0.6) is 11.8 Å². The molecule has 0 aromatic carbocycles. The van der Waals surface area contributed by atoms with E-state index in [2.05, 4.69) is 19.4 Å². The van der Waals surface area contributed by atoms with Crippen LogP contribution in [0, 0.1) is 0 Å². The highest BCUT2D eigenvalue weighted by atomic mass is 16.6. The van der Waals surface area contributed by atoms with Crippen LogP contribution in [0.15, 0.2) is 12.4 Å². The minimum Gasteiger partial charge on any atom is -0.509 e. The first-order chi connectivity index (χ1) is 5.72. The van der Waals surface area contributed by atoms with Crippen LogP contribution in [0.25, 0.3) is 0 Å². The molecule has 0 saturated carbocycles. The number of hydrogen-bond donors (Lipinski definition) is 2. The summed E-state index contributed by atoms with van der Waals surface area (Å²) in [6.45, 7) is 0. The van der Waals surface area contributed by atoms with Crippen LogP contribution in [0.2, 0.25) is 0 Å². The van der Waals surface area contributed by atoms with Gasteiger partial charge in [0.25, 0.3) is 0 Å². The average molecular weight is 170 g/mol. The zero-order valence-electron chi connectivity index (χ0n) is 6.34. The maximum absolute atomic E-state index is 8.38. The standard InChI is InChI=1S/C5H7BN2O4/c1-11-5-7-2-4(3-8-5)12-6(9)10/h2-3,9-10H,1H3. The van der Waals surface area contributed by atoms with Gasteiger partial charge in [0, 0.05) is 0 Å². The van der Waals surface area contributed by atoms with E-state index in [9.17, 15) is 0 Å². The Balaban J connectivity index is 2.65. The third kappa shape index (κ3) is 2.37. The number of aromatic nitrogens is 2. The predicted molar refractivity (Wildman–Crippen MR) is 39.4 cm³/mol. The van der Waals surface area contributed by atoms with Crippen molar-refractivity contribution >= 4 is 7.32 Å². The molecule has 0 saturated heterocycles. The van der Waals surface area contributed by atoms with Gasteiger partial charge in [0.15, 0.2) is 0 Å². The molecule has 0 aliphatic carbocycles. The third-order valence-corrected chi connectivity index (χ3v) is 1.03. The second-order valence-corrected chi connectivity index (χ2v) is 1.85. The van der Waals surface area contributed by atoms with Gasteiger partial charge >= 0.3 is 13.3 Å². The fraction of sp³-hybridized carbons (Fsp3) is 0.200. The lowest BCUT2D eigenvalue weighted by atomic mass is 10.2. The number of methoxy groups -OCH3 is 1. The molecular formula is C5H7BN2O4. The molecule has 0 atom stereocenters. The van der Waals surface area contributed by atoms with Crippen LogP contribution in [0.3, 0.4) is 0 Å². The summed E-state index contributed by atoms with van der Waals surface area (Å²) >= 11 is 0. The van der Waals surface area contributed by atoms with E-state index in [0.29, 0.717) is 0 Å². The molecule has 0 spiro atoms. The fourth-order valence-electron chi connectivity index (χ4n) is 0.592. The van der Waals surface area contributed by atoms with E-state index < -0.39 is 7.32 Å². The minimum absolute atomic E-state index is 0.158. The van der Waals surface area contributed by atoms with Crippen molar-refractivity contribution in [3.63, 3.8) is 0 Å². The summed E-state index contributed by atoms with van der Waals surface area (Å²) in [5.74, 6) is 0.158. The lowest BCUT2D eigenvalue weighted by Crippen LogP contribution is -2.20. The van der Waals surface area contributed by atoms with Gasteiger partial charge in [0.2, 0.25) is 0 Å². The van der Waals surface area contributed by atoms with Gasteiger partial charge < -0.3 is 19.4 Å². The van der Waals surface area contributed by atoms with E-state index in [4.69, 9.17) is 10.0 Å². The first kappa shape index (κ1) is 8.76. The fourth-order valence-corrected chi connectivity index (χ4v) is 0.592. The van der Waals surface area contributed by atoms with E-state index in [1.165, 1.54) is 19.5 Å². The topological polar surface area (TPSA) is 84.7 Å². The summed E-state index contributed by atoms with van der Waals surface area (Å²) in [4.78, 5) is 7.34. The second-order valence-electron chi connectivity index (χ2n) is 1.85. The molecule has 0 unspecified atom stereocenters. The van der Waals surface area contributed by atoms with Crippen molar-refractivity contribution in [3.05, 3.63) is 12.4 Å². The maximum atomic E-state index is 8.38. The second kappa shape index (κ2) is 3.89. The van der Waals surface area contributed by atoms with Crippen molar-refractivity contribution in [2.24, 2.45) is 0 Å². The van der Waals surface area contributed by atoms with E-state index in [1.54, 1.807) is 0 Å². The van der Waals surface area contributed by atoms with Gasteiger partial charge in [-0.25, -0.2) is 0 Å². The van der Waals surface area contributed by atoms with Crippen molar-refractivity contribution in [1.82, 2.24) is 9.97 Å². The number of rotatable bonds is 3. The Morgan fingerprint density at radius 2 is 1.92 bits per heavy atom. The summed E-state index contributed by atoms with van der Waals surface area (Å²) in [7, 11) is -0.432. The molecule has 1 aromatic rings. The Bertz CT molecular complexity index is 240. The summed E-state index contributed by atoms with van der Waals surface area (Å²) in [5.41, 5.74) is 0. The summed E-state index contributed by atoms with van der Waals surface area (Å²) < 4.78 is 9.12. The van der Waals surface area contributed by atoms with Crippen molar-refractivity contribution in [2.75, 3.05) is 7.11 Å². The van der Waals surface area contributed by atoms with Crippen LogP contribution in [-0.4, -0.2) is 34.4 Å². The molecule has 0 aliphatic heterocycles. The highest BCUT2D eigenvalue weighted by Gasteiger charge is 2.11. The van der Waals surface area contributed by atoms with E-state index in [-0.39, 0.29) is 11.8 Å². The predicted octanol–water partition coefficient (Wildman–Crippen LogP) is -1.17. The SMILES string of the molecule is COc1ncc(OB(O)O)cn1. The van der Waals surface area contributed by atoms with Gasteiger partial charge in [-0.1, -0.05) is 0 Å². The monoisotopic (exact) mass is 170 g/mol. The molecule has 0 amide bonds. The number of hydrogen-bond acceptors (Lipinski definition) is 6. The molecular weight excluding hydrogens is 163 g/mol. The van der Waals surface area contributed by atoms with E-state index >= 15 is 0 Å². The lowest BCUT2D eigenvalue weighted by molar-refractivity contribution is 0.286. The normalized spacial score (nSPS) is 9.25. The first-order valence-corrected chi connectivity index (χ1v) is 3.11. The van der Waals surface area contributed by atoms with Gasteiger partial charge in [-0.3, -0.25) is 0 Å². The Morgan fingerprint density at radius 1 is 1.33 bits per heavy atom. The summed E-state index contributed by atoms with van der Waals surface area (Å²) in [5, 5.41) is 16.8. The van der Waals surface area contributed by atoms with E-state index in [1.807, 2.05) is 0 Å². The average Bonchev–Trinajstić information content (AvgIpc) is 2.05. The third-order valence-electron chi connectivity index (χ3n) is 1.03. The summed E-state index contributed by atoms with van der Waals surface area (Å²) in [6, 6.07) is 0.190. The highest BCUT2D eigenvalue weighted by Crippen LogP contribution is 2.08. The highest BCUT2D eigenvalue weighted by molar-refractivity contribution is 6.33. The van der Waals surface area contributed by atoms with Gasteiger partial charge in [0.1, 0.15) is 5.75 Å². The maximum Gasteiger partial charge on any atom is 0.707 e. The molecule has 0 radical (unpaired) electrons. The van der Waals surface area contributed by atoms with Crippen LogP contribution >= 0.6 is 0 Å².